The van der Waals surface area contributed by atoms with Gasteiger partial charge in [0.1, 0.15) is 11.3 Å². The molecule has 0 aliphatic heterocycles. The highest BCUT2D eigenvalue weighted by molar-refractivity contribution is 6.31. The summed E-state index contributed by atoms with van der Waals surface area (Å²) in [6.45, 7) is 4.62. The number of halogens is 1. The van der Waals surface area contributed by atoms with E-state index in [2.05, 4.69) is 0 Å². The van der Waals surface area contributed by atoms with Gasteiger partial charge in [-0.2, -0.15) is 0 Å². The van der Waals surface area contributed by atoms with Crippen LogP contribution in [0.2, 0.25) is 5.02 Å². The van der Waals surface area contributed by atoms with E-state index in [0.717, 1.165) is 11.4 Å². The number of aryl methyl sites for hydroxylation is 1. The minimum atomic E-state index is -0.661. The summed E-state index contributed by atoms with van der Waals surface area (Å²) in [5.74, 6) is -0.591. The summed E-state index contributed by atoms with van der Waals surface area (Å²) in [5, 5.41) is 0.380. The molecule has 0 spiro atoms. The molecular formula is C19H22ClNO5. The van der Waals surface area contributed by atoms with Gasteiger partial charge in [-0.3, -0.25) is 4.79 Å². The van der Waals surface area contributed by atoms with Crippen LogP contribution in [0.25, 0.3) is 0 Å². The Hall–Kier alpha value is -2.31. The summed E-state index contributed by atoms with van der Waals surface area (Å²) >= 11 is 5.92. The molecule has 6 nitrogen and oxygen atoms in total. The van der Waals surface area contributed by atoms with Gasteiger partial charge in [-0.1, -0.05) is 11.6 Å². The smallest absolute Gasteiger partial charge is 0.342 e. The SMILES string of the molecule is COCCn1c(C)cc(C(=O)COC(=O)c2cc(Cl)ccc2OC)c1C. The highest BCUT2D eigenvalue weighted by Crippen LogP contribution is 2.23. The number of ketones is 1. The van der Waals surface area contributed by atoms with Gasteiger partial charge in [0.2, 0.25) is 5.78 Å². The third-order valence-electron chi connectivity index (χ3n) is 4.11. The highest BCUT2D eigenvalue weighted by atomic mass is 35.5. The molecule has 0 aliphatic carbocycles. The highest BCUT2D eigenvalue weighted by Gasteiger charge is 2.19. The van der Waals surface area contributed by atoms with Crippen LogP contribution in [0.1, 0.15) is 32.1 Å². The number of carbonyl (C=O) groups excluding carboxylic acids is 2. The number of Topliss-reactive ketones (excluding diaryl/α,β-unsaturated/α-hetero) is 1. The number of nitrogens with zero attached hydrogens (tertiary/aromatic N) is 1. The zero-order valence-corrected chi connectivity index (χ0v) is 16.1. The molecule has 0 radical (unpaired) electrons. The first-order valence-corrected chi connectivity index (χ1v) is 8.46. The Labute approximate surface area is 157 Å². The van der Waals surface area contributed by atoms with Crippen LogP contribution < -0.4 is 4.74 Å². The Balaban J connectivity index is 2.09. The fourth-order valence-corrected chi connectivity index (χ4v) is 2.91. The van der Waals surface area contributed by atoms with Gasteiger partial charge >= 0.3 is 5.97 Å². The molecule has 2 rings (SSSR count). The molecule has 7 heteroatoms. The van der Waals surface area contributed by atoms with Crippen LogP contribution in [0.5, 0.6) is 5.75 Å². The minimum absolute atomic E-state index is 0.179. The second-order valence-corrected chi connectivity index (χ2v) is 6.21. The molecule has 1 heterocycles. The second-order valence-electron chi connectivity index (χ2n) is 5.77. The van der Waals surface area contributed by atoms with Gasteiger partial charge in [-0.15, -0.1) is 0 Å². The van der Waals surface area contributed by atoms with Crippen molar-refractivity contribution in [2.24, 2.45) is 0 Å². The molecule has 1 aromatic heterocycles. The predicted octanol–water partition coefficient (Wildman–Crippen LogP) is 3.45. The largest absolute Gasteiger partial charge is 0.496 e. The standard InChI is InChI=1S/C19H22ClNO5/c1-12-9-15(13(2)21(12)7-8-24-3)17(22)11-26-19(23)16-10-14(20)5-6-18(16)25-4/h5-6,9-10H,7-8,11H2,1-4H3. The number of methoxy groups -OCH3 is 2. The van der Waals surface area contributed by atoms with Gasteiger partial charge in [0.15, 0.2) is 6.61 Å². The summed E-state index contributed by atoms with van der Waals surface area (Å²) in [5.41, 5.74) is 2.48. The van der Waals surface area contributed by atoms with Crippen molar-refractivity contribution < 1.29 is 23.8 Å². The fourth-order valence-electron chi connectivity index (χ4n) is 2.74. The molecule has 0 bridgehead atoms. The van der Waals surface area contributed by atoms with Crippen molar-refractivity contribution in [3.8, 4) is 5.75 Å². The van der Waals surface area contributed by atoms with Gasteiger partial charge in [0.25, 0.3) is 0 Å². The quantitative estimate of drug-likeness (QED) is 0.519. The van der Waals surface area contributed by atoms with E-state index in [1.165, 1.54) is 13.2 Å². The van der Waals surface area contributed by atoms with E-state index in [-0.39, 0.29) is 18.0 Å². The Bertz CT molecular complexity index is 813. The molecule has 2 aromatic rings. The lowest BCUT2D eigenvalue weighted by atomic mass is 10.1. The first kappa shape index (κ1) is 20.0. The molecule has 0 aliphatic rings. The van der Waals surface area contributed by atoms with E-state index in [9.17, 15) is 9.59 Å². The molecule has 0 fully saturated rings. The van der Waals surface area contributed by atoms with Crippen LogP contribution in [0, 0.1) is 13.8 Å². The number of esters is 1. The average molecular weight is 380 g/mol. The van der Waals surface area contributed by atoms with Crippen LogP contribution >= 0.6 is 11.6 Å². The van der Waals surface area contributed by atoms with Crippen molar-refractivity contribution in [2.45, 2.75) is 20.4 Å². The van der Waals surface area contributed by atoms with E-state index in [0.29, 0.717) is 29.5 Å². The van der Waals surface area contributed by atoms with E-state index in [1.807, 2.05) is 18.4 Å². The van der Waals surface area contributed by atoms with Crippen LogP contribution in [0.4, 0.5) is 0 Å². The zero-order chi connectivity index (χ0) is 19.3. The number of ether oxygens (including phenoxy) is 3. The van der Waals surface area contributed by atoms with Gasteiger partial charge in [-0.05, 0) is 38.1 Å². The van der Waals surface area contributed by atoms with Gasteiger partial charge < -0.3 is 18.8 Å². The zero-order valence-electron chi connectivity index (χ0n) is 15.3. The lowest BCUT2D eigenvalue weighted by Crippen LogP contribution is -2.16. The van der Waals surface area contributed by atoms with E-state index in [1.54, 1.807) is 25.3 Å². The number of hydrogen-bond donors (Lipinski definition) is 0. The van der Waals surface area contributed by atoms with Crippen molar-refractivity contribution in [3.63, 3.8) is 0 Å². The Morgan fingerprint density at radius 3 is 2.50 bits per heavy atom. The third-order valence-corrected chi connectivity index (χ3v) is 4.34. The third kappa shape index (κ3) is 4.45. The van der Waals surface area contributed by atoms with Crippen molar-refractivity contribution in [2.75, 3.05) is 27.4 Å². The number of rotatable bonds is 8. The minimum Gasteiger partial charge on any atom is -0.496 e. The summed E-state index contributed by atoms with van der Waals surface area (Å²) in [6, 6.07) is 6.42. The maximum Gasteiger partial charge on any atom is 0.342 e. The van der Waals surface area contributed by atoms with Crippen molar-refractivity contribution in [3.05, 3.63) is 51.8 Å². The molecular weight excluding hydrogens is 358 g/mol. The first-order valence-electron chi connectivity index (χ1n) is 8.08. The summed E-state index contributed by atoms with van der Waals surface area (Å²) in [6.07, 6.45) is 0. The van der Waals surface area contributed by atoms with Gasteiger partial charge in [-0.25, -0.2) is 4.79 Å². The molecule has 0 N–H and O–H groups in total. The fraction of sp³-hybridized carbons (Fsp3) is 0.368. The summed E-state index contributed by atoms with van der Waals surface area (Å²) in [4.78, 5) is 24.8. The molecule has 140 valence electrons. The second kappa shape index (κ2) is 8.87. The molecule has 0 unspecified atom stereocenters. The molecule has 0 amide bonds. The summed E-state index contributed by atoms with van der Waals surface area (Å²) < 4.78 is 17.4. The predicted molar refractivity (Wildman–Crippen MR) is 98.4 cm³/mol. The maximum atomic E-state index is 12.5. The Kier molecular flexibility index (Phi) is 6.83. The Morgan fingerprint density at radius 2 is 1.85 bits per heavy atom. The molecule has 0 saturated heterocycles. The number of aromatic nitrogens is 1. The molecule has 1 aromatic carbocycles. The number of benzene rings is 1. The average Bonchev–Trinajstić information content (AvgIpc) is 2.91. The van der Waals surface area contributed by atoms with Crippen LogP contribution in [0.15, 0.2) is 24.3 Å². The topological polar surface area (TPSA) is 66.8 Å². The van der Waals surface area contributed by atoms with Crippen LogP contribution in [0.3, 0.4) is 0 Å². The number of carbonyl (C=O) groups is 2. The van der Waals surface area contributed by atoms with E-state index >= 15 is 0 Å². The molecule has 26 heavy (non-hydrogen) atoms. The van der Waals surface area contributed by atoms with Gasteiger partial charge in [0.05, 0.1) is 13.7 Å². The van der Waals surface area contributed by atoms with Crippen molar-refractivity contribution in [1.29, 1.82) is 0 Å². The van der Waals surface area contributed by atoms with Crippen LogP contribution in [-0.4, -0.2) is 43.8 Å². The monoisotopic (exact) mass is 379 g/mol. The molecule has 0 atom stereocenters. The Morgan fingerprint density at radius 1 is 1.12 bits per heavy atom. The number of hydrogen-bond acceptors (Lipinski definition) is 5. The normalized spacial score (nSPS) is 10.7. The lowest BCUT2D eigenvalue weighted by Gasteiger charge is -2.10. The van der Waals surface area contributed by atoms with E-state index < -0.39 is 5.97 Å². The first-order chi connectivity index (χ1) is 12.4. The summed E-state index contributed by atoms with van der Waals surface area (Å²) in [7, 11) is 3.07. The van der Waals surface area contributed by atoms with Crippen LogP contribution in [-0.2, 0) is 16.0 Å². The maximum absolute atomic E-state index is 12.5. The van der Waals surface area contributed by atoms with E-state index in [4.69, 9.17) is 25.8 Å². The van der Waals surface area contributed by atoms with Crippen molar-refractivity contribution >= 4 is 23.4 Å². The van der Waals surface area contributed by atoms with Crippen molar-refractivity contribution in [1.82, 2.24) is 4.57 Å². The molecule has 0 saturated carbocycles. The van der Waals surface area contributed by atoms with Gasteiger partial charge in [0, 0.05) is 35.6 Å². The lowest BCUT2D eigenvalue weighted by molar-refractivity contribution is 0.0471.